The fraction of sp³-hybridized carbons (Fsp3) is 0.353. The summed E-state index contributed by atoms with van der Waals surface area (Å²) in [5.74, 6) is 0.452. The van der Waals surface area contributed by atoms with Crippen LogP contribution < -0.4 is 5.32 Å². The zero-order valence-electron chi connectivity index (χ0n) is 12.1. The minimum absolute atomic E-state index is 0.452. The second-order valence-corrected chi connectivity index (χ2v) is 5.84. The third-order valence-electron chi connectivity index (χ3n) is 4.63. The lowest BCUT2D eigenvalue weighted by Crippen LogP contribution is -2.26. The van der Waals surface area contributed by atoms with Crippen molar-refractivity contribution in [1.82, 2.24) is 14.9 Å². The molecule has 114 valence electrons. The fourth-order valence-electron chi connectivity index (χ4n) is 3.53. The molecule has 1 aliphatic heterocycles. The van der Waals surface area contributed by atoms with Gasteiger partial charge in [0, 0.05) is 23.2 Å². The molecule has 0 aliphatic carbocycles. The SMILES string of the molecule is FC(F)n1c2ccncc2c2ccc(C3CCNCC3)cc21. The lowest BCUT2D eigenvalue weighted by Gasteiger charge is -2.23. The molecule has 0 amide bonds. The van der Waals surface area contributed by atoms with E-state index in [9.17, 15) is 8.78 Å². The molecule has 2 aromatic heterocycles. The lowest BCUT2D eigenvalue weighted by molar-refractivity contribution is 0.0796. The quantitative estimate of drug-likeness (QED) is 0.774. The number of halogens is 2. The van der Waals surface area contributed by atoms with Gasteiger partial charge in [0.25, 0.3) is 0 Å². The Labute approximate surface area is 126 Å². The number of nitrogens with one attached hydrogen (secondary N) is 1. The third kappa shape index (κ3) is 2.08. The summed E-state index contributed by atoms with van der Waals surface area (Å²) in [4.78, 5) is 4.08. The van der Waals surface area contributed by atoms with Gasteiger partial charge in [-0.3, -0.25) is 9.55 Å². The highest BCUT2D eigenvalue weighted by Gasteiger charge is 2.20. The molecule has 0 bridgehead atoms. The van der Waals surface area contributed by atoms with Crippen LogP contribution >= 0.6 is 0 Å². The minimum Gasteiger partial charge on any atom is -0.317 e. The summed E-state index contributed by atoms with van der Waals surface area (Å²) in [6.07, 6.45) is 5.35. The molecule has 3 nitrogen and oxygen atoms in total. The van der Waals surface area contributed by atoms with Gasteiger partial charge in [0.2, 0.25) is 0 Å². The molecule has 3 aromatic rings. The van der Waals surface area contributed by atoms with Crippen LogP contribution in [0.3, 0.4) is 0 Å². The van der Waals surface area contributed by atoms with Gasteiger partial charge >= 0.3 is 6.55 Å². The number of nitrogens with zero attached hydrogens (tertiary/aromatic N) is 2. The van der Waals surface area contributed by atoms with Crippen LogP contribution in [0.2, 0.25) is 0 Å². The minimum atomic E-state index is -2.55. The van der Waals surface area contributed by atoms with Gasteiger partial charge in [-0.1, -0.05) is 12.1 Å². The average molecular weight is 301 g/mol. The van der Waals surface area contributed by atoms with E-state index >= 15 is 0 Å². The maximum absolute atomic E-state index is 13.6. The summed E-state index contributed by atoms with van der Waals surface area (Å²) in [5.41, 5.74) is 2.31. The molecular formula is C17H17F2N3. The molecule has 1 aliphatic rings. The number of piperidine rings is 1. The summed E-state index contributed by atoms with van der Waals surface area (Å²) >= 11 is 0. The molecule has 22 heavy (non-hydrogen) atoms. The molecule has 1 N–H and O–H groups in total. The van der Waals surface area contributed by atoms with Crippen LogP contribution in [0.5, 0.6) is 0 Å². The highest BCUT2D eigenvalue weighted by Crippen LogP contribution is 2.35. The van der Waals surface area contributed by atoms with Gasteiger partial charge in [-0.05, 0) is 49.5 Å². The molecule has 5 heteroatoms. The predicted octanol–water partition coefficient (Wildman–Crippen LogP) is 4.05. The Balaban J connectivity index is 1.94. The van der Waals surface area contributed by atoms with E-state index in [0.717, 1.165) is 46.8 Å². The summed E-state index contributed by atoms with van der Waals surface area (Å²) in [6.45, 7) is -0.569. The van der Waals surface area contributed by atoms with Crippen molar-refractivity contribution in [2.75, 3.05) is 13.1 Å². The number of pyridine rings is 1. The number of alkyl halides is 2. The molecule has 4 rings (SSSR count). The highest BCUT2D eigenvalue weighted by molar-refractivity contribution is 6.07. The van der Waals surface area contributed by atoms with Crippen LogP contribution in [-0.2, 0) is 0 Å². The molecule has 1 fully saturated rings. The maximum Gasteiger partial charge on any atom is 0.319 e. The van der Waals surface area contributed by atoms with E-state index in [-0.39, 0.29) is 0 Å². The topological polar surface area (TPSA) is 29.9 Å². The highest BCUT2D eigenvalue weighted by atomic mass is 19.3. The van der Waals surface area contributed by atoms with Crippen LogP contribution in [0.1, 0.15) is 30.9 Å². The van der Waals surface area contributed by atoms with Gasteiger partial charge in [-0.2, -0.15) is 8.78 Å². The van der Waals surface area contributed by atoms with E-state index in [1.165, 1.54) is 0 Å². The molecule has 1 aromatic carbocycles. The van der Waals surface area contributed by atoms with Crippen molar-refractivity contribution in [2.45, 2.75) is 25.3 Å². The summed E-state index contributed by atoms with van der Waals surface area (Å²) in [5, 5.41) is 4.97. The van der Waals surface area contributed by atoms with E-state index in [1.54, 1.807) is 18.5 Å². The molecule has 3 heterocycles. The zero-order chi connectivity index (χ0) is 15.1. The van der Waals surface area contributed by atoms with Gasteiger partial charge < -0.3 is 5.32 Å². The van der Waals surface area contributed by atoms with Crippen LogP contribution in [0.15, 0.2) is 36.7 Å². The zero-order valence-corrected chi connectivity index (χ0v) is 12.1. The third-order valence-corrected chi connectivity index (χ3v) is 4.63. The summed E-state index contributed by atoms with van der Waals surface area (Å²) < 4.78 is 28.3. The van der Waals surface area contributed by atoms with Crippen molar-refractivity contribution in [1.29, 1.82) is 0 Å². The van der Waals surface area contributed by atoms with Crippen LogP contribution in [0.25, 0.3) is 21.8 Å². The van der Waals surface area contributed by atoms with E-state index in [1.807, 2.05) is 12.1 Å². The van der Waals surface area contributed by atoms with Gasteiger partial charge in [-0.15, -0.1) is 0 Å². The first-order chi connectivity index (χ1) is 10.8. The molecule has 0 unspecified atom stereocenters. The van der Waals surface area contributed by atoms with Crippen molar-refractivity contribution < 1.29 is 8.78 Å². The Kier molecular flexibility index (Phi) is 3.30. The summed E-state index contributed by atoms with van der Waals surface area (Å²) in [6, 6.07) is 7.65. The Bertz CT molecular complexity index is 819. The predicted molar refractivity (Wildman–Crippen MR) is 83.3 cm³/mol. The molecule has 0 radical (unpaired) electrons. The van der Waals surface area contributed by atoms with Crippen molar-refractivity contribution in [3.8, 4) is 0 Å². The first-order valence-corrected chi connectivity index (χ1v) is 7.62. The number of rotatable bonds is 2. The van der Waals surface area contributed by atoms with Crippen LogP contribution in [0.4, 0.5) is 8.78 Å². The van der Waals surface area contributed by atoms with Crippen molar-refractivity contribution in [3.05, 3.63) is 42.2 Å². The monoisotopic (exact) mass is 301 g/mol. The standard InChI is InChI=1S/C17H17F2N3/c18-17(19)22-15-5-8-21-10-14(15)13-2-1-12(9-16(13)22)11-3-6-20-7-4-11/h1-2,5,8-11,17,20H,3-4,6-7H2. The number of hydrogen-bond donors (Lipinski definition) is 1. The first kappa shape index (κ1) is 13.6. The lowest BCUT2D eigenvalue weighted by atomic mass is 9.90. The average Bonchev–Trinajstić information content (AvgIpc) is 2.89. The number of fused-ring (bicyclic) bond motifs is 3. The second kappa shape index (κ2) is 5.32. The van der Waals surface area contributed by atoms with Crippen LogP contribution in [0, 0.1) is 0 Å². The van der Waals surface area contributed by atoms with Crippen molar-refractivity contribution in [3.63, 3.8) is 0 Å². The largest absolute Gasteiger partial charge is 0.319 e. The Morgan fingerprint density at radius 3 is 2.68 bits per heavy atom. The second-order valence-electron chi connectivity index (χ2n) is 5.84. The Hall–Kier alpha value is -2.01. The molecular weight excluding hydrogens is 284 g/mol. The summed E-state index contributed by atoms with van der Waals surface area (Å²) in [7, 11) is 0. The van der Waals surface area contributed by atoms with Gasteiger partial charge in [-0.25, -0.2) is 0 Å². The number of benzene rings is 1. The van der Waals surface area contributed by atoms with E-state index < -0.39 is 6.55 Å². The Morgan fingerprint density at radius 2 is 1.91 bits per heavy atom. The van der Waals surface area contributed by atoms with Crippen LogP contribution in [-0.4, -0.2) is 22.6 Å². The van der Waals surface area contributed by atoms with Crippen molar-refractivity contribution in [2.24, 2.45) is 0 Å². The normalized spacial score (nSPS) is 16.9. The van der Waals surface area contributed by atoms with Crippen molar-refractivity contribution >= 4 is 21.8 Å². The number of hydrogen-bond acceptors (Lipinski definition) is 2. The Morgan fingerprint density at radius 1 is 1.09 bits per heavy atom. The molecule has 0 spiro atoms. The fourth-order valence-corrected chi connectivity index (χ4v) is 3.53. The van der Waals surface area contributed by atoms with Gasteiger partial charge in [0.15, 0.2) is 0 Å². The van der Waals surface area contributed by atoms with Gasteiger partial charge in [0.1, 0.15) is 0 Å². The molecule has 0 atom stereocenters. The molecule has 0 saturated carbocycles. The van der Waals surface area contributed by atoms with E-state index in [4.69, 9.17) is 0 Å². The first-order valence-electron chi connectivity index (χ1n) is 7.62. The molecule has 1 saturated heterocycles. The number of aromatic nitrogens is 2. The smallest absolute Gasteiger partial charge is 0.317 e. The van der Waals surface area contributed by atoms with E-state index in [2.05, 4.69) is 16.4 Å². The van der Waals surface area contributed by atoms with Gasteiger partial charge in [0.05, 0.1) is 11.0 Å². The van der Waals surface area contributed by atoms with E-state index in [0.29, 0.717) is 17.0 Å². The maximum atomic E-state index is 13.6.